The highest BCUT2D eigenvalue weighted by molar-refractivity contribution is 6.29. The molecule has 0 aromatic carbocycles. The van der Waals surface area contributed by atoms with Crippen molar-refractivity contribution in [3.8, 4) is 0 Å². The number of pyridine rings is 2. The van der Waals surface area contributed by atoms with E-state index in [4.69, 9.17) is 11.6 Å². The van der Waals surface area contributed by atoms with E-state index in [2.05, 4.69) is 15.3 Å². The lowest BCUT2D eigenvalue weighted by Crippen LogP contribution is -2.14. The number of aromatic nitrogens is 2. The van der Waals surface area contributed by atoms with Gasteiger partial charge in [0.15, 0.2) is 0 Å². The largest absolute Gasteiger partial charge is 0.305 e. The summed E-state index contributed by atoms with van der Waals surface area (Å²) in [5.74, 6) is 0.159. The smallest absolute Gasteiger partial charge is 0.275 e. The van der Waals surface area contributed by atoms with Crippen LogP contribution in [0, 0.1) is 6.92 Å². The quantitative estimate of drug-likeness (QED) is 0.830. The van der Waals surface area contributed by atoms with Gasteiger partial charge in [-0.25, -0.2) is 9.97 Å². The van der Waals surface area contributed by atoms with E-state index in [-0.39, 0.29) is 16.8 Å². The van der Waals surface area contributed by atoms with Gasteiger partial charge in [0, 0.05) is 6.20 Å². The molecule has 0 fully saturated rings. The number of amides is 1. The summed E-state index contributed by atoms with van der Waals surface area (Å²) in [7, 11) is 0. The number of carbonyl (C=O) groups excluding carboxylic acids is 1. The Bertz CT molecular complexity index is 540. The van der Waals surface area contributed by atoms with E-state index in [1.54, 1.807) is 30.5 Å². The van der Waals surface area contributed by atoms with Crippen LogP contribution in [0.3, 0.4) is 0 Å². The number of aryl methyl sites for hydroxylation is 1. The zero-order chi connectivity index (χ0) is 12.3. The monoisotopic (exact) mass is 247 g/mol. The Balaban J connectivity index is 2.14. The van der Waals surface area contributed by atoms with Gasteiger partial charge in [-0.3, -0.25) is 4.79 Å². The molecule has 1 N–H and O–H groups in total. The summed E-state index contributed by atoms with van der Waals surface area (Å²) in [6, 6.07) is 8.48. The molecule has 0 radical (unpaired) electrons. The van der Waals surface area contributed by atoms with Crippen LogP contribution in [0.15, 0.2) is 36.5 Å². The fraction of sp³-hybridized carbons (Fsp3) is 0.0833. The van der Waals surface area contributed by atoms with Crippen LogP contribution in [0.25, 0.3) is 0 Å². The first-order chi connectivity index (χ1) is 8.15. The molecule has 2 rings (SSSR count). The zero-order valence-electron chi connectivity index (χ0n) is 9.14. The Morgan fingerprint density at radius 3 is 2.76 bits per heavy atom. The number of anilines is 1. The minimum atomic E-state index is -0.330. The summed E-state index contributed by atoms with van der Waals surface area (Å²) in [4.78, 5) is 19.8. The lowest BCUT2D eigenvalue weighted by molar-refractivity contribution is 0.102. The molecule has 86 valence electrons. The third-order valence-corrected chi connectivity index (χ3v) is 2.31. The highest BCUT2D eigenvalue weighted by Gasteiger charge is 2.08. The number of nitrogens with zero attached hydrogens (tertiary/aromatic N) is 2. The van der Waals surface area contributed by atoms with Gasteiger partial charge in [0.25, 0.3) is 5.91 Å². The molecule has 4 nitrogen and oxygen atoms in total. The van der Waals surface area contributed by atoms with E-state index in [0.29, 0.717) is 5.82 Å². The van der Waals surface area contributed by atoms with Crippen molar-refractivity contribution in [3.63, 3.8) is 0 Å². The first-order valence-electron chi connectivity index (χ1n) is 5.02. The third kappa shape index (κ3) is 3.01. The van der Waals surface area contributed by atoms with Crippen LogP contribution in [0.4, 0.5) is 5.82 Å². The van der Waals surface area contributed by atoms with Crippen LogP contribution in [-0.2, 0) is 0 Å². The van der Waals surface area contributed by atoms with Gasteiger partial charge >= 0.3 is 0 Å². The van der Waals surface area contributed by atoms with Crippen molar-refractivity contribution >= 4 is 23.3 Å². The summed E-state index contributed by atoms with van der Waals surface area (Å²) in [5.41, 5.74) is 1.30. The van der Waals surface area contributed by atoms with Crippen molar-refractivity contribution in [3.05, 3.63) is 52.9 Å². The molecule has 0 spiro atoms. The maximum absolute atomic E-state index is 11.8. The van der Waals surface area contributed by atoms with Crippen LogP contribution < -0.4 is 5.32 Å². The van der Waals surface area contributed by atoms with Gasteiger partial charge in [-0.05, 0) is 30.7 Å². The molecule has 2 aromatic heterocycles. The van der Waals surface area contributed by atoms with Crippen molar-refractivity contribution in [1.82, 2.24) is 9.97 Å². The lowest BCUT2D eigenvalue weighted by atomic mass is 10.3. The topological polar surface area (TPSA) is 54.9 Å². The summed E-state index contributed by atoms with van der Waals surface area (Å²) < 4.78 is 0. The molecule has 17 heavy (non-hydrogen) atoms. The molecular weight excluding hydrogens is 238 g/mol. The molecule has 0 saturated carbocycles. The molecule has 0 saturated heterocycles. The number of halogens is 1. The molecule has 0 aliphatic carbocycles. The van der Waals surface area contributed by atoms with Crippen LogP contribution in [0.1, 0.15) is 16.1 Å². The molecule has 0 aliphatic rings. The maximum Gasteiger partial charge on any atom is 0.275 e. The van der Waals surface area contributed by atoms with Crippen LogP contribution >= 0.6 is 11.6 Å². The van der Waals surface area contributed by atoms with Crippen molar-refractivity contribution < 1.29 is 4.79 Å². The standard InChI is InChI=1S/C12H10ClN3O/c1-8-5-6-11(14-7-8)16-12(17)9-3-2-4-10(13)15-9/h2-7H,1H3,(H,14,16,17). The Morgan fingerprint density at radius 1 is 1.29 bits per heavy atom. The van der Waals surface area contributed by atoms with Gasteiger partial charge < -0.3 is 5.32 Å². The van der Waals surface area contributed by atoms with Crippen molar-refractivity contribution in [1.29, 1.82) is 0 Å². The Hall–Kier alpha value is -1.94. The van der Waals surface area contributed by atoms with E-state index in [1.807, 2.05) is 13.0 Å². The fourth-order valence-electron chi connectivity index (χ4n) is 1.26. The van der Waals surface area contributed by atoms with Gasteiger partial charge in [-0.2, -0.15) is 0 Å². The summed E-state index contributed by atoms with van der Waals surface area (Å²) in [6.45, 7) is 1.93. The Labute approximate surface area is 104 Å². The SMILES string of the molecule is Cc1ccc(NC(=O)c2cccc(Cl)n2)nc1. The molecule has 0 bridgehead atoms. The number of carbonyl (C=O) groups is 1. The number of hydrogen-bond donors (Lipinski definition) is 1. The predicted molar refractivity (Wildman–Crippen MR) is 66.2 cm³/mol. The lowest BCUT2D eigenvalue weighted by Gasteiger charge is -2.04. The van der Waals surface area contributed by atoms with Crippen LogP contribution in [0.2, 0.25) is 5.15 Å². The molecular formula is C12H10ClN3O. The Kier molecular flexibility index (Phi) is 3.35. The zero-order valence-corrected chi connectivity index (χ0v) is 9.90. The third-order valence-electron chi connectivity index (χ3n) is 2.10. The van der Waals surface area contributed by atoms with Gasteiger partial charge in [0.05, 0.1) is 0 Å². The van der Waals surface area contributed by atoms with Crippen molar-refractivity contribution in [2.24, 2.45) is 0 Å². The van der Waals surface area contributed by atoms with Crippen LogP contribution in [-0.4, -0.2) is 15.9 Å². The highest BCUT2D eigenvalue weighted by atomic mass is 35.5. The Morgan fingerprint density at radius 2 is 2.12 bits per heavy atom. The first-order valence-corrected chi connectivity index (χ1v) is 5.39. The van der Waals surface area contributed by atoms with E-state index >= 15 is 0 Å². The second-order valence-corrected chi connectivity index (χ2v) is 3.91. The van der Waals surface area contributed by atoms with Gasteiger partial charge in [0.1, 0.15) is 16.7 Å². The average Bonchev–Trinajstić information content (AvgIpc) is 2.32. The number of nitrogens with one attached hydrogen (secondary N) is 1. The van der Waals surface area contributed by atoms with Crippen molar-refractivity contribution in [2.75, 3.05) is 5.32 Å². The van der Waals surface area contributed by atoms with E-state index in [9.17, 15) is 4.79 Å². The minimum absolute atomic E-state index is 0.264. The molecule has 2 heterocycles. The van der Waals surface area contributed by atoms with Crippen molar-refractivity contribution in [2.45, 2.75) is 6.92 Å². The predicted octanol–water partition coefficient (Wildman–Crippen LogP) is 2.69. The molecule has 0 atom stereocenters. The number of rotatable bonds is 2. The molecule has 0 unspecified atom stereocenters. The molecule has 0 aliphatic heterocycles. The summed E-state index contributed by atoms with van der Waals surface area (Å²) >= 11 is 5.71. The minimum Gasteiger partial charge on any atom is -0.305 e. The average molecular weight is 248 g/mol. The second-order valence-electron chi connectivity index (χ2n) is 3.52. The van der Waals surface area contributed by atoms with E-state index in [0.717, 1.165) is 5.56 Å². The van der Waals surface area contributed by atoms with Gasteiger partial charge in [0.2, 0.25) is 0 Å². The first kappa shape index (κ1) is 11.5. The van der Waals surface area contributed by atoms with E-state index < -0.39 is 0 Å². The van der Waals surface area contributed by atoms with Gasteiger partial charge in [-0.1, -0.05) is 23.7 Å². The van der Waals surface area contributed by atoms with Gasteiger partial charge in [-0.15, -0.1) is 0 Å². The van der Waals surface area contributed by atoms with E-state index in [1.165, 1.54) is 0 Å². The molecule has 5 heteroatoms. The highest BCUT2D eigenvalue weighted by Crippen LogP contribution is 2.08. The maximum atomic E-state index is 11.8. The fourth-order valence-corrected chi connectivity index (χ4v) is 1.42. The van der Waals surface area contributed by atoms with Crippen LogP contribution in [0.5, 0.6) is 0 Å². The second kappa shape index (κ2) is 4.93. The number of hydrogen-bond acceptors (Lipinski definition) is 3. The summed E-state index contributed by atoms with van der Waals surface area (Å²) in [6.07, 6.45) is 1.68. The summed E-state index contributed by atoms with van der Waals surface area (Å²) in [5, 5.41) is 2.93. The molecule has 2 aromatic rings. The normalized spacial score (nSPS) is 10.0. The molecule has 1 amide bonds.